The Hall–Kier alpha value is -2.17. The number of fused-ring (bicyclic) bond motifs is 2. The van der Waals surface area contributed by atoms with E-state index >= 15 is 0 Å². The fourth-order valence-corrected chi connectivity index (χ4v) is 6.74. The van der Waals surface area contributed by atoms with Gasteiger partial charge in [0.2, 0.25) is 5.91 Å². The molecule has 1 aromatic heterocycles. The van der Waals surface area contributed by atoms with Gasteiger partial charge in [0.25, 0.3) is 5.56 Å². The minimum Gasteiger partial charge on any atom is -0.326 e. The maximum Gasteiger partial charge on any atom is 0.261 e. The van der Waals surface area contributed by atoms with Crippen LogP contribution in [0.15, 0.2) is 23.0 Å². The van der Waals surface area contributed by atoms with Crippen LogP contribution in [0, 0.1) is 29.6 Å². The zero-order valence-electron chi connectivity index (χ0n) is 15.5. The van der Waals surface area contributed by atoms with Crippen molar-refractivity contribution in [3.05, 3.63) is 34.4 Å². The van der Waals surface area contributed by atoms with Gasteiger partial charge in [-0.25, -0.2) is 4.98 Å². The summed E-state index contributed by atoms with van der Waals surface area (Å²) in [5.74, 6) is 4.08. The van der Waals surface area contributed by atoms with Crippen molar-refractivity contribution in [1.82, 2.24) is 9.55 Å². The molecule has 1 N–H and O–H groups in total. The van der Waals surface area contributed by atoms with Crippen molar-refractivity contribution >= 4 is 22.5 Å². The number of carbonyl (C=O) groups is 1. The predicted molar refractivity (Wildman–Crippen MR) is 103 cm³/mol. The molecule has 4 bridgehead atoms. The number of nitrogens with zero attached hydrogens (tertiary/aromatic N) is 2. The van der Waals surface area contributed by atoms with Crippen LogP contribution in [0.25, 0.3) is 10.9 Å². The van der Waals surface area contributed by atoms with Gasteiger partial charge in [-0.15, -0.1) is 0 Å². The topological polar surface area (TPSA) is 64.0 Å². The Balaban J connectivity index is 1.30. The highest BCUT2D eigenvalue weighted by molar-refractivity contribution is 5.95. The summed E-state index contributed by atoms with van der Waals surface area (Å²) in [6.07, 6.45) is 8.19. The standard InChI is InChI=1S/C22H25N3O2/c26-21(20-14-7-12-6-13(9-14)10-15(20)8-12)23-16-3-4-18-17(11-16)22(27)25-5-1-2-19(25)24-18/h3-4,11-15,20H,1-2,5-10H2,(H,23,26). The number of benzene rings is 1. The minimum absolute atomic E-state index is 0.0261. The summed E-state index contributed by atoms with van der Waals surface area (Å²) in [4.78, 5) is 30.5. The highest BCUT2D eigenvalue weighted by atomic mass is 16.2. The second-order valence-corrected chi connectivity index (χ2v) is 9.27. The number of carbonyl (C=O) groups excluding carboxylic acids is 1. The van der Waals surface area contributed by atoms with Crippen LogP contribution in [0.5, 0.6) is 0 Å². The third kappa shape index (κ3) is 2.40. The number of amides is 1. The molecular weight excluding hydrogens is 338 g/mol. The third-order valence-electron chi connectivity index (χ3n) is 7.61. The van der Waals surface area contributed by atoms with Crippen molar-refractivity contribution in [1.29, 1.82) is 0 Å². The maximum atomic E-state index is 13.1. The second-order valence-electron chi connectivity index (χ2n) is 9.27. The molecule has 5 aliphatic rings. The molecular formula is C22H25N3O2. The summed E-state index contributed by atoms with van der Waals surface area (Å²) in [6, 6.07) is 5.60. The summed E-state index contributed by atoms with van der Waals surface area (Å²) in [7, 11) is 0. The van der Waals surface area contributed by atoms with Crippen molar-refractivity contribution in [2.45, 2.75) is 51.5 Å². The molecule has 7 rings (SSSR count). The fourth-order valence-electron chi connectivity index (χ4n) is 6.74. The van der Waals surface area contributed by atoms with Gasteiger partial charge < -0.3 is 5.32 Å². The molecule has 5 heteroatoms. The first-order chi connectivity index (χ1) is 13.2. The molecule has 2 heterocycles. The van der Waals surface area contributed by atoms with E-state index in [1.165, 1.54) is 32.1 Å². The SMILES string of the molecule is O=C(Nc1ccc2nc3n(c(=O)c2c1)CCC3)C1C2CC3CC(C2)CC1C3. The van der Waals surface area contributed by atoms with E-state index < -0.39 is 0 Å². The van der Waals surface area contributed by atoms with E-state index in [4.69, 9.17) is 0 Å². The smallest absolute Gasteiger partial charge is 0.261 e. The van der Waals surface area contributed by atoms with Gasteiger partial charge in [-0.1, -0.05) is 0 Å². The quantitative estimate of drug-likeness (QED) is 0.890. The zero-order valence-corrected chi connectivity index (χ0v) is 15.5. The highest BCUT2D eigenvalue weighted by Crippen LogP contribution is 2.56. The molecule has 140 valence electrons. The molecule has 27 heavy (non-hydrogen) atoms. The molecule has 1 aliphatic heterocycles. The number of hydrogen-bond acceptors (Lipinski definition) is 3. The van der Waals surface area contributed by atoms with Gasteiger partial charge in [0.1, 0.15) is 5.82 Å². The van der Waals surface area contributed by atoms with Crippen molar-refractivity contribution in [3.63, 3.8) is 0 Å². The Kier molecular flexibility index (Phi) is 3.32. The molecule has 0 spiro atoms. The molecule has 4 fully saturated rings. The first-order valence-electron chi connectivity index (χ1n) is 10.5. The predicted octanol–water partition coefficient (Wildman–Crippen LogP) is 3.35. The maximum absolute atomic E-state index is 13.1. The molecule has 4 aliphatic carbocycles. The molecule has 1 aromatic carbocycles. The van der Waals surface area contributed by atoms with E-state index in [0.717, 1.165) is 48.3 Å². The summed E-state index contributed by atoms with van der Waals surface area (Å²) in [6.45, 7) is 0.751. The average molecular weight is 363 g/mol. The molecule has 1 amide bonds. The van der Waals surface area contributed by atoms with E-state index in [9.17, 15) is 9.59 Å². The summed E-state index contributed by atoms with van der Waals surface area (Å²) >= 11 is 0. The summed E-state index contributed by atoms with van der Waals surface area (Å²) in [5.41, 5.74) is 1.50. The van der Waals surface area contributed by atoms with Gasteiger partial charge in [-0.2, -0.15) is 0 Å². The molecule has 0 unspecified atom stereocenters. The zero-order chi connectivity index (χ0) is 18.1. The second kappa shape index (κ2) is 5.66. The van der Waals surface area contributed by atoms with E-state index in [1.54, 1.807) is 4.57 Å². The lowest BCUT2D eigenvalue weighted by Crippen LogP contribution is -2.49. The fraction of sp³-hybridized carbons (Fsp3) is 0.591. The van der Waals surface area contributed by atoms with E-state index in [2.05, 4.69) is 10.3 Å². The minimum atomic E-state index is 0.0261. The number of hydrogen-bond donors (Lipinski definition) is 1. The number of nitrogens with one attached hydrogen (secondary N) is 1. The number of anilines is 1. The molecule has 5 nitrogen and oxygen atoms in total. The van der Waals surface area contributed by atoms with E-state index in [0.29, 0.717) is 17.2 Å². The average Bonchev–Trinajstić information content (AvgIpc) is 3.10. The Labute approximate surface area is 158 Å². The van der Waals surface area contributed by atoms with Crippen LogP contribution < -0.4 is 10.9 Å². The van der Waals surface area contributed by atoms with Gasteiger partial charge in [-0.3, -0.25) is 14.2 Å². The largest absolute Gasteiger partial charge is 0.326 e. The van der Waals surface area contributed by atoms with Crippen molar-refractivity contribution < 1.29 is 4.79 Å². The summed E-state index contributed by atoms with van der Waals surface area (Å²) < 4.78 is 1.78. The summed E-state index contributed by atoms with van der Waals surface area (Å²) in [5, 5.41) is 3.76. The lowest BCUT2D eigenvalue weighted by molar-refractivity contribution is -0.132. The Morgan fingerprint density at radius 2 is 1.81 bits per heavy atom. The third-order valence-corrected chi connectivity index (χ3v) is 7.61. The number of rotatable bonds is 2. The van der Waals surface area contributed by atoms with E-state index in [-0.39, 0.29) is 17.4 Å². The van der Waals surface area contributed by atoms with Crippen LogP contribution >= 0.6 is 0 Å². The Morgan fingerprint density at radius 1 is 1.07 bits per heavy atom. The van der Waals surface area contributed by atoms with Gasteiger partial charge in [0.15, 0.2) is 0 Å². The van der Waals surface area contributed by atoms with Gasteiger partial charge in [0, 0.05) is 24.6 Å². The van der Waals surface area contributed by atoms with Crippen molar-refractivity contribution in [2.24, 2.45) is 29.6 Å². The van der Waals surface area contributed by atoms with Crippen LogP contribution in [-0.4, -0.2) is 15.5 Å². The van der Waals surface area contributed by atoms with Gasteiger partial charge in [0.05, 0.1) is 10.9 Å². The molecule has 0 radical (unpaired) electrons. The van der Waals surface area contributed by atoms with Crippen LogP contribution in [0.3, 0.4) is 0 Å². The number of aromatic nitrogens is 2. The molecule has 0 saturated heterocycles. The molecule has 4 saturated carbocycles. The molecule has 2 aromatic rings. The lowest BCUT2D eigenvalue weighted by atomic mass is 9.51. The Morgan fingerprint density at radius 3 is 2.56 bits per heavy atom. The van der Waals surface area contributed by atoms with Crippen LogP contribution in [0.2, 0.25) is 0 Å². The van der Waals surface area contributed by atoms with Crippen LogP contribution in [0.4, 0.5) is 5.69 Å². The van der Waals surface area contributed by atoms with Gasteiger partial charge >= 0.3 is 0 Å². The van der Waals surface area contributed by atoms with Crippen LogP contribution in [-0.2, 0) is 17.8 Å². The highest BCUT2D eigenvalue weighted by Gasteiger charge is 2.50. The molecule has 0 atom stereocenters. The normalized spacial score (nSPS) is 33.4. The first-order valence-corrected chi connectivity index (χ1v) is 10.5. The van der Waals surface area contributed by atoms with Gasteiger partial charge in [-0.05, 0) is 80.4 Å². The van der Waals surface area contributed by atoms with Crippen molar-refractivity contribution in [3.8, 4) is 0 Å². The lowest BCUT2D eigenvalue weighted by Gasteiger charge is -2.53. The first kappa shape index (κ1) is 15.8. The number of aryl methyl sites for hydroxylation is 1. The van der Waals surface area contributed by atoms with E-state index in [1.807, 2.05) is 18.2 Å². The monoisotopic (exact) mass is 363 g/mol. The van der Waals surface area contributed by atoms with Crippen LogP contribution in [0.1, 0.15) is 44.3 Å². The Bertz CT molecular complexity index is 981. The van der Waals surface area contributed by atoms with Crippen molar-refractivity contribution in [2.75, 3.05) is 5.32 Å².